The van der Waals surface area contributed by atoms with Crippen molar-refractivity contribution in [2.24, 2.45) is 11.8 Å². The monoisotopic (exact) mass is 470 g/mol. The molecule has 0 unspecified atom stereocenters. The molecule has 3 rings (SSSR count). The van der Waals surface area contributed by atoms with Crippen molar-refractivity contribution in [3.63, 3.8) is 0 Å². The summed E-state index contributed by atoms with van der Waals surface area (Å²) >= 11 is 0. The molecule has 184 valence electrons. The van der Waals surface area contributed by atoms with Crippen LogP contribution in [0, 0.1) is 11.8 Å². The Bertz CT molecular complexity index is 926. The van der Waals surface area contributed by atoms with Crippen molar-refractivity contribution < 1.29 is 14.3 Å². The normalized spacial score (nSPS) is 13.7. The van der Waals surface area contributed by atoms with E-state index in [1.165, 1.54) is 0 Å². The third-order valence-electron chi connectivity index (χ3n) is 6.36. The van der Waals surface area contributed by atoms with Gasteiger partial charge in [0, 0.05) is 18.9 Å². The second kappa shape index (κ2) is 12.6. The van der Waals surface area contributed by atoms with Gasteiger partial charge in [-0.15, -0.1) is 6.58 Å². The van der Waals surface area contributed by atoms with Crippen molar-refractivity contribution in [3.8, 4) is 0 Å². The van der Waals surface area contributed by atoms with Gasteiger partial charge in [0.25, 0.3) is 0 Å². The average molecular weight is 471 g/mol. The topological polar surface area (TPSA) is 35.5 Å². The average Bonchev–Trinajstić information content (AvgIpc) is 2.87. The van der Waals surface area contributed by atoms with E-state index in [1.807, 2.05) is 81.4 Å². The van der Waals surface area contributed by atoms with E-state index in [4.69, 9.17) is 9.47 Å². The summed E-state index contributed by atoms with van der Waals surface area (Å²) < 4.78 is 13.0. The number of carbonyl (C=O) groups excluding carboxylic acids is 1. The zero-order valence-corrected chi connectivity index (χ0v) is 21.2. The number of hydrogen-bond acceptors (Lipinski definition) is 3. The Labute approximate surface area is 210 Å². The number of benzene rings is 3. The summed E-state index contributed by atoms with van der Waals surface area (Å²) in [5.74, 6) is 0.0895. The molecule has 0 N–H and O–H groups in total. The molecule has 0 saturated carbocycles. The van der Waals surface area contributed by atoms with Crippen molar-refractivity contribution in [2.45, 2.75) is 44.8 Å². The van der Waals surface area contributed by atoms with E-state index in [0.717, 1.165) is 29.4 Å². The van der Waals surface area contributed by atoms with E-state index in [2.05, 4.69) is 43.0 Å². The molecule has 0 heterocycles. The van der Waals surface area contributed by atoms with E-state index in [-0.39, 0.29) is 17.4 Å². The van der Waals surface area contributed by atoms with Crippen LogP contribution in [-0.4, -0.2) is 25.1 Å². The highest BCUT2D eigenvalue weighted by Gasteiger charge is 2.38. The van der Waals surface area contributed by atoms with Crippen molar-refractivity contribution in [3.05, 3.63) is 120 Å². The lowest BCUT2D eigenvalue weighted by molar-refractivity contribution is -0.109. The first-order valence-electron chi connectivity index (χ1n) is 12.4. The molecule has 0 radical (unpaired) electrons. The van der Waals surface area contributed by atoms with Crippen molar-refractivity contribution in [1.82, 2.24) is 0 Å². The van der Waals surface area contributed by atoms with E-state index in [9.17, 15) is 4.79 Å². The molecule has 3 heteroatoms. The van der Waals surface area contributed by atoms with Crippen LogP contribution in [0.4, 0.5) is 0 Å². The maximum atomic E-state index is 11.5. The van der Waals surface area contributed by atoms with E-state index < -0.39 is 5.60 Å². The zero-order valence-electron chi connectivity index (χ0n) is 21.2. The van der Waals surface area contributed by atoms with Crippen LogP contribution in [0.25, 0.3) is 0 Å². The maximum Gasteiger partial charge on any atom is 0.143 e. The van der Waals surface area contributed by atoms with Crippen LogP contribution >= 0.6 is 0 Å². The Kier molecular flexibility index (Phi) is 9.59. The van der Waals surface area contributed by atoms with Gasteiger partial charge in [-0.25, -0.2) is 0 Å². The van der Waals surface area contributed by atoms with Gasteiger partial charge in [-0.3, -0.25) is 0 Å². The molecule has 0 amide bonds. The predicted molar refractivity (Wildman–Crippen MR) is 143 cm³/mol. The molecule has 0 spiro atoms. The third-order valence-corrected chi connectivity index (χ3v) is 6.36. The number of rotatable bonds is 13. The lowest BCUT2D eigenvalue weighted by Gasteiger charge is -2.38. The molecule has 0 aliphatic heterocycles. The van der Waals surface area contributed by atoms with Gasteiger partial charge in [0.05, 0.1) is 12.2 Å². The Balaban J connectivity index is 1.98. The maximum absolute atomic E-state index is 11.5. The Morgan fingerprint density at radius 2 is 1.23 bits per heavy atom. The fraction of sp³-hybridized carbons (Fsp3) is 0.344. The highest BCUT2D eigenvalue weighted by molar-refractivity contribution is 5.50. The highest BCUT2D eigenvalue weighted by Crippen LogP contribution is 2.41. The van der Waals surface area contributed by atoms with Crippen molar-refractivity contribution in [1.29, 1.82) is 0 Å². The van der Waals surface area contributed by atoms with Crippen LogP contribution in [0.3, 0.4) is 0 Å². The lowest BCUT2D eigenvalue weighted by Crippen LogP contribution is -2.36. The summed E-state index contributed by atoms with van der Waals surface area (Å²) in [4.78, 5) is 11.5. The van der Waals surface area contributed by atoms with E-state index in [1.54, 1.807) is 0 Å². The molecular weight excluding hydrogens is 432 g/mol. The highest BCUT2D eigenvalue weighted by atomic mass is 16.5. The van der Waals surface area contributed by atoms with Crippen LogP contribution in [0.1, 0.15) is 50.3 Å². The second-order valence-electron chi connectivity index (χ2n) is 9.90. The van der Waals surface area contributed by atoms with Crippen molar-refractivity contribution >= 4 is 6.29 Å². The van der Waals surface area contributed by atoms with Gasteiger partial charge in [-0.1, -0.05) is 97.1 Å². The Morgan fingerprint density at radius 3 is 1.60 bits per heavy atom. The molecule has 0 fully saturated rings. The van der Waals surface area contributed by atoms with Crippen LogP contribution in [0.15, 0.2) is 104 Å². The number of aldehydes is 1. The first kappa shape index (κ1) is 26.6. The summed E-state index contributed by atoms with van der Waals surface area (Å²) in [5, 5.41) is 0. The minimum absolute atomic E-state index is 0.000667. The SMILES string of the molecule is C=C[C@@H](COC(c1ccccc1)(c1ccccc1)c1ccccc1)[C@@H](CC=O)CCOC(C)(C)C. The lowest BCUT2D eigenvalue weighted by atomic mass is 9.79. The van der Waals surface area contributed by atoms with E-state index in [0.29, 0.717) is 19.6 Å². The first-order valence-corrected chi connectivity index (χ1v) is 12.4. The van der Waals surface area contributed by atoms with Gasteiger partial charge < -0.3 is 14.3 Å². The number of carbonyl (C=O) groups is 1. The van der Waals surface area contributed by atoms with Crippen LogP contribution in [0.2, 0.25) is 0 Å². The van der Waals surface area contributed by atoms with Crippen LogP contribution in [0.5, 0.6) is 0 Å². The zero-order chi connectivity index (χ0) is 25.2. The Hall–Kier alpha value is -3.01. The molecule has 3 nitrogen and oxygen atoms in total. The van der Waals surface area contributed by atoms with Gasteiger partial charge in [0.15, 0.2) is 0 Å². The van der Waals surface area contributed by atoms with Crippen LogP contribution in [-0.2, 0) is 19.9 Å². The summed E-state index contributed by atoms with van der Waals surface area (Å²) in [5.41, 5.74) is 2.17. The summed E-state index contributed by atoms with van der Waals surface area (Å²) in [6.45, 7) is 11.3. The molecule has 3 aromatic carbocycles. The largest absolute Gasteiger partial charge is 0.376 e. The molecule has 0 aliphatic rings. The quantitative estimate of drug-likeness (QED) is 0.150. The predicted octanol–water partition coefficient (Wildman–Crippen LogP) is 7.21. The van der Waals surface area contributed by atoms with Crippen LogP contribution < -0.4 is 0 Å². The van der Waals surface area contributed by atoms with Gasteiger partial charge in [0.1, 0.15) is 11.9 Å². The molecule has 35 heavy (non-hydrogen) atoms. The van der Waals surface area contributed by atoms with Gasteiger partial charge in [-0.05, 0) is 49.8 Å². The summed E-state index contributed by atoms with van der Waals surface area (Å²) in [7, 11) is 0. The van der Waals surface area contributed by atoms with Gasteiger partial charge in [0.2, 0.25) is 0 Å². The first-order chi connectivity index (χ1) is 16.9. The summed E-state index contributed by atoms with van der Waals surface area (Å²) in [6.07, 6.45) is 4.14. The van der Waals surface area contributed by atoms with E-state index >= 15 is 0 Å². The Morgan fingerprint density at radius 1 is 0.771 bits per heavy atom. The molecule has 3 aromatic rings. The molecule has 0 aliphatic carbocycles. The minimum Gasteiger partial charge on any atom is -0.376 e. The van der Waals surface area contributed by atoms with Crippen molar-refractivity contribution in [2.75, 3.05) is 13.2 Å². The fourth-order valence-corrected chi connectivity index (χ4v) is 4.53. The number of ether oxygens (including phenoxy) is 2. The second-order valence-corrected chi connectivity index (χ2v) is 9.90. The molecule has 0 saturated heterocycles. The van der Waals surface area contributed by atoms with Gasteiger partial charge >= 0.3 is 0 Å². The smallest absolute Gasteiger partial charge is 0.143 e. The molecule has 0 bridgehead atoms. The standard InChI is InChI=1S/C32H38O3/c1-5-26(27(21-23-33)22-24-34-31(2,3)4)25-35-32(28-15-9-6-10-16-28,29-17-11-7-12-18-29)30-19-13-8-14-20-30/h5-20,23,26-27H,1,21-22,24-25H2,2-4H3/t26-,27-/m0/s1. The summed E-state index contributed by atoms with van der Waals surface area (Å²) in [6, 6.07) is 31.0. The third kappa shape index (κ3) is 7.00. The minimum atomic E-state index is -0.793. The number of hydrogen-bond donors (Lipinski definition) is 0. The fourth-order valence-electron chi connectivity index (χ4n) is 4.53. The van der Waals surface area contributed by atoms with Gasteiger partial charge in [-0.2, -0.15) is 0 Å². The molecule has 2 atom stereocenters. The molecular formula is C32H38O3. The molecule has 0 aromatic heterocycles.